The van der Waals surface area contributed by atoms with Gasteiger partial charge in [0, 0.05) is 41.8 Å². The molecule has 6 heteroatoms. The van der Waals surface area contributed by atoms with Crippen LogP contribution in [0, 0.1) is 11.8 Å². The van der Waals surface area contributed by atoms with E-state index in [1.807, 2.05) is 18.2 Å². The van der Waals surface area contributed by atoms with E-state index in [1.165, 1.54) is 0 Å². The Morgan fingerprint density at radius 3 is 2.74 bits per heavy atom. The summed E-state index contributed by atoms with van der Waals surface area (Å²) in [4.78, 5) is 23.7. The summed E-state index contributed by atoms with van der Waals surface area (Å²) < 4.78 is 3.33. The van der Waals surface area contributed by atoms with Gasteiger partial charge in [0.2, 0.25) is 5.91 Å². The molecule has 1 amide bonds. The van der Waals surface area contributed by atoms with Crippen molar-refractivity contribution < 1.29 is 4.79 Å². The van der Waals surface area contributed by atoms with Gasteiger partial charge in [0.15, 0.2) is 5.65 Å². The Balaban J connectivity index is 1.46. The number of imidazole rings is 1. The molecule has 1 aromatic carbocycles. The highest BCUT2D eigenvalue weighted by Gasteiger charge is 2.36. The van der Waals surface area contributed by atoms with Gasteiger partial charge in [-0.25, -0.2) is 9.97 Å². The zero-order valence-corrected chi connectivity index (χ0v) is 16.6. The van der Waals surface area contributed by atoms with Crippen LogP contribution < -0.4 is 0 Å². The molecule has 0 unspecified atom stereocenters. The normalized spacial score (nSPS) is 19.7. The smallest absolute Gasteiger partial charge is 0.225 e. The van der Waals surface area contributed by atoms with Crippen LogP contribution in [0.5, 0.6) is 0 Å². The number of likely N-dealkylation sites (tertiary alicyclic amines) is 1. The van der Waals surface area contributed by atoms with Crippen molar-refractivity contribution in [1.82, 2.24) is 19.4 Å². The highest BCUT2D eigenvalue weighted by Crippen LogP contribution is 2.34. The fraction of sp³-hybridized carbons (Fsp3) is 0.381. The van der Waals surface area contributed by atoms with Gasteiger partial charge in [-0.05, 0) is 49.4 Å². The summed E-state index contributed by atoms with van der Waals surface area (Å²) in [7, 11) is 0. The molecule has 3 aromatic rings. The number of rotatable bonds is 4. The number of benzene rings is 1. The number of carbonyl (C=O) groups is 1. The van der Waals surface area contributed by atoms with Gasteiger partial charge < -0.3 is 9.47 Å². The lowest BCUT2D eigenvalue weighted by atomic mass is 10.1. The van der Waals surface area contributed by atoms with Crippen molar-refractivity contribution in [3.63, 3.8) is 0 Å². The zero-order valence-electron chi connectivity index (χ0n) is 15.0. The molecule has 2 aliphatic rings. The summed E-state index contributed by atoms with van der Waals surface area (Å²) in [5.41, 5.74) is 2.92. The second kappa shape index (κ2) is 6.75. The average molecular weight is 425 g/mol. The Morgan fingerprint density at radius 1 is 1.15 bits per heavy atom. The molecular formula is C21H21BrN4O. The molecule has 138 valence electrons. The molecule has 0 N–H and O–H groups in total. The maximum Gasteiger partial charge on any atom is 0.225 e. The second-order valence-corrected chi connectivity index (χ2v) is 8.53. The third-order valence-corrected chi connectivity index (χ3v) is 6.12. The van der Waals surface area contributed by atoms with Gasteiger partial charge in [-0.3, -0.25) is 4.79 Å². The lowest BCUT2D eigenvalue weighted by Crippen LogP contribution is -2.30. The molecule has 0 spiro atoms. The minimum Gasteiger partial charge on any atom is -0.342 e. The van der Waals surface area contributed by atoms with Crippen molar-refractivity contribution in [3.05, 3.63) is 47.1 Å². The number of aromatic nitrogens is 3. The van der Waals surface area contributed by atoms with Gasteiger partial charge in [0.1, 0.15) is 5.82 Å². The number of nitrogens with zero attached hydrogens (tertiary/aromatic N) is 4. The standard InChI is InChI=1S/C21H21BrN4O/c22-17-7-5-15(6-8-17)20-24-19-18(2-1-10-23-19)26(20)13-14-9-11-25(12-14)21(27)16-3-4-16/h1-2,5-8,10,14,16H,3-4,9,11-13H2/t14-/m1/s1. The first kappa shape index (κ1) is 16.9. The fourth-order valence-electron chi connectivity index (χ4n) is 3.99. The number of amides is 1. The maximum atomic E-state index is 12.4. The molecule has 1 saturated carbocycles. The van der Waals surface area contributed by atoms with Crippen molar-refractivity contribution in [1.29, 1.82) is 0 Å². The van der Waals surface area contributed by atoms with Crippen LogP contribution in [0.4, 0.5) is 0 Å². The summed E-state index contributed by atoms with van der Waals surface area (Å²) in [6, 6.07) is 12.3. The van der Waals surface area contributed by atoms with Crippen LogP contribution in [0.15, 0.2) is 47.1 Å². The predicted molar refractivity (Wildman–Crippen MR) is 108 cm³/mol. The number of carbonyl (C=O) groups excluding carboxylic acids is 1. The van der Waals surface area contributed by atoms with Crippen LogP contribution in [0.1, 0.15) is 19.3 Å². The predicted octanol–water partition coefficient (Wildman–Crippen LogP) is 4.12. The van der Waals surface area contributed by atoms with Crippen LogP contribution in [-0.4, -0.2) is 38.4 Å². The van der Waals surface area contributed by atoms with Crippen LogP contribution in [0.3, 0.4) is 0 Å². The molecule has 1 atom stereocenters. The average Bonchev–Trinajstić information content (AvgIpc) is 3.33. The summed E-state index contributed by atoms with van der Waals surface area (Å²) in [6.07, 6.45) is 4.99. The SMILES string of the molecule is O=C(C1CC1)N1CC[C@@H](Cn2c(-c3ccc(Br)cc3)nc3ncccc32)C1. The van der Waals surface area contributed by atoms with Gasteiger partial charge in [-0.1, -0.05) is 28.1 Å². The Bertz CT molecular complexity index is 993. The van der Waals surface area contributed by atoms with Gasteiger partial charge in [-0.2, -0.15) is 0 Å². The van der Waals surface area contributed by atoms with Gasteiger partial charge in [-0.15, -0.1) is 0 Å². The molecule has 0 radical (unpaired) electrons. The minimum atomic E-state index is 0.306. The first-order valence-corrected chi connectivity index (χ1v) is 10.3. The largest absolute Gasteiger partial charge is 0.342 e. The third-order valence-electron chi connectivity index (χ3n) is 5.59. The third kappa shape index (κ3) is 3.27. The summed E-state index contributed by atoms with van der Waals surface area (Å²) in [5, 5.41) is 0. The van der Waals surface area contributed by atoms with E-state index in [9.17, 15) is 4.79 Å². The minimum absolute atomic E-state index is 0.306. The molecule has 2 aromatic heterocycles. The van der Waals surface area contributed by atoms with E-state index in [1.54, 1.807) is 6.20 Å². The fourth-order valence-corrected chi connectivity index (χ4v) is 4.26. The summed E-state index contributed by atoms with van der Waals surface area (Å²) in [5.74, 6) is 2.07. The van der Waals surface area contributed by atoms with E-state index in [0.717, 1.165) is 65.9 Å². The highest BCUT2D eigenvalue weighted by molar-refractivity contribution is 9.10. The molecule has 5 rings (SSSR count). The van der Waals surface area contributed by atoms with E-state index >= 15 is 0 Å². The van der Waals surface area contributed by atoms with Crippen LogP contribution in [0.25, 0.3) is 22.6 Å². The van der Waals surface area contributed by atoms with E-state index in [2.05, 4.69) is 48.6 Å². The summed E-state index contributed by atoms with van der Waals surface area (Å²) in [6.45, 7) is 2.61. The van der Waals surface area contributed by atoms with Gasteiger partial charge >= 0.3 is 0 Å². The maximum absolute atomic E-state index is 12.4. The van der Waals surface area contributed by atoms with Crippen molar-refractivity contribution in [2.45, 2.75) is 25.8 Å². The van der Waals surface area contributed by atoms with Gasteiger partial charge in [0.05, 0.1) is 5.52 Å². The monoisotopic (exact) mass is 424 g/mol. The van der Waals surface area contributed by atoms with E-state index in [0.29, 0.717) is 17.7 Å². The molecular weight excluding hydrogens is 404 g/mol. The molecule has 1 aliphatic carbocycles. The Kier molecular flexibility index (Phi) is 4.23. The number of hydrogen-bond donors (Lipinski definition) is 0. The number of hydrogen-bond acceptors (Lipinski definition) is 3. The topological polar surface area (TPSA) is 51.0 Å². The van der Waals surface area contributed by atoms with E-state index in [4.69, 9.17) is 4.98 Å². The number of pyridine rings is 1. The number of fused-ring (bicyclic) bond motifs is 1. The van der Waals surface area contributed by atoms with E-state index < -0.39 is 0 Å². The summed E-state index contributed by atoms with van der Waals surface area (Å²) >= 11 is 3.50. The molecule has 3 heterocycles. The Labute approximate surface area is 166 Å². The molecule has 27 heavy (non-hydrogen) atoms. The Hall–Kier alpha value is -2.21. The van der Waals surface area contributed by atoms with Crippen molar-refractivity contribution in [3.8, 4) is 11.4 Å². The first-order valence-electron chi connectivity index (χ1n) is 9.55. The lowest BCUT2D eigenvalue weighted by Gasteiger charge is -2.17. The second-order valence-electron chi connectivity index (χ2n) is 7.61. The molecule has 2 fully saturated rings. The quantitative estimate of drug-likeness (QED) is 0.632. The van der Waals surface area contributed by atoms with Crippen LogP contribution in [-0.2, 0) is 11.3 Å². The van der Waals surface area contributed by atoms with Crippen LogP contribution >= 0.6 is 15.9 Å². The lowest BCUT2D eigenvalue weighted by molar-refractivity contribution is -0.131. The van der Waals surface area contributed by atoms with Crippen molar-refractivity contribution >= 4 is 33.0 Å². The molecule has 5 nitrogen and oxygen atoms in total. The highest BCUT2D eigenvalue weighted by atomic mass is 79.9. The van der Waals surface area contributed by atoms with Crippen molar-refractivity contribution in [2.24, 2.45) is 11.8 Å². The first-order chi connectivity index (χ1) is 13.2. The molecule has 1 aliphatic heterocycles. The van der Waals surface area contributed by atoms with E-state index in [-0.39, 0.29) is 0 Å². The van der Waals surface area contributed by atoms with Crippen LogP contribution in [0.2, 0.25) is 0 Å². The zero-order chi connectivity index (χ0) is 18.4. The van der Waals surface area contributed by atoms with Gasteiger partial charge in [0.25, 0.3) is 0 Å². The molecule has 0 bridgehead atoms. The number of halogens is 1. The van der Waals surface area contributed by atoms with Crippen molar-refractivity contribution in [2.75, 3.05) is 13.1 Å². The Morgan fingerprint density at radius 2 is 1.96 bits per heavy atom. The molecule has 1 saturated heterocycles.